The van der Waals surface area contributed by atoms with Crippen molar-refractivity contribution < 1.29 is 18.9 Å². The second-order valence-corrected chi connectivity index (χ2v) is 8.64. The number of carbonyl (C=O) groups excluding carboxylic acids is 1. The van der Waals surface area contributed by atoms with Crippen LogP contribution in [-0.4, -0.2) is 20.6 Å². The average Bonchev–Trinajstić information content (AvgIpc) is 3.33. The predicted octanol–water partition coefficient (Wildman–Crippen LogP) is 6.36. The van der Waals surface area contributed by atoms with Gasteiger partial charge < -0.3 is 14.5 Å². The van der Waals surface area contributed by atoms with E-state index in [0.717, 1.165) is 16.8 Å². The molecule has 1 amide bonds. The van der Waals surface area contributed by atoms with Gasteiger partial charge in [0, 0.05) is 12.1 Å². The van der Waals surface area contributed by atoms with Crippen molar-refractivity contribution in [1.29, 1.82) is 0 Å². The first-order chi connectivity index (χ1) is 16.6. The Morgan fingerprint density at radius 1 is 1.09 bits per heavy atom. The van der Waals surface area contributed by atoms with Crippen LogP contribution < -0.4 is 10.1 Å². The number of anilines is 1. The van der Waals surface area contributed by atoms with Crippen molar-refractivity contribution in [3.05, 3.63) is 97.7 Å². The van der Waals surface area contributed by atoms with E-state index in [2.05, 4.69) is 10.4 Å². The summed E-state index contributed by atoms with van der Waals surface area (Å²) in [6.07, 6.45) is 0. The van der Waals surface area contributed by atoms with Crippen LogP contribution in [0.25, 0.3) is 0 Å². The van der Waals surface area contributed by atoms with Crippen LogP contribution in [-0.2, 0) is 6.54 Å². The number of nitro benzene ring substituents is 1. The second-order valence-electron chi connectivity index (χ2n) is 8.26. The van der Waals surface area contributed by atoms with Crippen LogP contribution in [0.2, 0.25) is 5.02 Å². The third-order valence-corrected chi connectivity index (χ3v) is 5.82. The number of nitrogens with one attached hydrogen (secondary N) is 1. The highest BCUT2D eigenvalue weighted by molar-refractivity contribution is 6.31. The van der Waals surface area contributed by atoms with Crippen molar-refractivity contribution in [3.63, 3.8) is 0 Å². The maximum Gasteiger partial charge on any atom is 0.291 e. The quantitative estimate of drug-likeness (QED) is 0.236. The summed E-state index contributed by atoms with van der Waals surface area (Å²) in [5, 5.41) is 19.0. The van der Waals surface area contributed by atoms with E-state index in [1.807, 2.05) is 45.9 Å². The molecule has 10 heteroatoms. The number of nitro groups is 1. The second kappa shape index (κ2) is 9.63. The molecule has 4 aromatic rings. The van der Waals surface area contributed by atoms with Crippen molar-refractivity contribution in [2.75, 3.05) is 5.32 Å². The normalized spacial score (nSPS) is 10.9. The van der Waals surface area contributed by atoms with Gasteiger partial charge in [-0.15, -0.1) is 0 Å². The number of amides is 1. The van der Waals surface area contributed by atoms with Gasteiger partial charge in [-0.25, -0.2) is 0 Å². The third kappa shape index (κ3) is 5.52. The van der Waals surface area contributed by atoms with E-state index < -0.39 is 10.8 Å². The van der Waals surface area contributed by atoms with Crippen LogP contribution >= 0.6 is 11.6 Å². The number of nitrogens with zero attached hydrogens (tertiary/aromatic N) is 3. The molecule has 1 N–H and O–H groups in total. The van der Waals surface area contributed by atoms with E-state index in [-0.39, 0.29) is 22.9 Å². The first-order valence-corrected chi connectivity index (χ1v) is 11.1. The van der Waals surface area contributed by atoms with E-state index >= 15 is 0 Å². The molecular weight excluding hydrogens is 472 g/mol. The van der Waals surface area contributed by atoms with Gasteiger partial charge in [-0.05, 0) is 63.1 Å². The Kier molecular flexibility index (Phi) is 6.61. The molecule has 0 bridgehead atoms. The average molecular weight is 495 g/mol. The van der Waals surface area contributed by atoms with Gasteiger partial charge in [0.05, 0.1) is 39.6 Å². The first kappa shape index (κ1) is 24.0. The van der Waals surface area contributed by atoms with Crippen molar-refractivity contribution in [2.24, 2.45) is 0 Å². The molecule has 2 aromatic carbocycles. The molecule has 35 heavy (non-hydrogen) atoms. The van der Waals surface area contributed by atoms with Crippen LogP contribution in [0.15, 0.2) is 52.9 Å². The number of halogens is 1. The Morgan fingerprint density at radius 3 is 2.40 bits per heavy atom. The number of furan rings is 1. The molecule has 9 nitrogen and oxygen atoms in total. The van der Waals surface area contributed by atoms with Crippen LogP contribution in [0.1, 0.15) is 38.8 Å². The number of carbonyl (C=O) groups is 1. The van der Waals surface area contributed by atoms with Crippen molar-refractivity contribution >= 4 is 28.9 Å². The van der Waals surface area contributed by atoms with E-state index in [1.165, 1.54) is 24.3 Å². The molecule has 0 fully saturated rings. The van der Waals surface area contributed by atoms with E-state index in [1.54, 1.807) is 10.7 Å². The summed E-state index contributed by atoms with van der Waals surface area (Å²) in [5.74, 6) is 0.771. The molecule has 2 aromatic heterocycles. The molecule has 0 aliphatic rings. The van der Waals surface area contributed by atoms with Crippen LogP contribution in [0.3, 0.4) is 0 Å². The monoisotopic (exact) mass is 494 g/mol. The summed E-state index contributed by atoms with van der Waals surface area (Å²) in [6, 6.07) is 12.9. The van der Waals surface area contributed by atoms with E-state index in [4.69, 9.17) is 20.8 Å². The molecule has 180 valence electrons. The van der Waals surface area contributed by atoms with Gasteiger partial charge in [-0.3, -0.25) is 19.6 Å². The number of hydrogen-bond donors (Lipinski definition) is 1. The molecule has 0 unspecified atom stereocenters. The predicted molar refractivity (Wildman–Crippen MR) is 132 cm³/mol. The van der Waals surface area contributed by atoms with Gasteiger partial charge in [-0.2, -0.15) is 5.10 Å². The van der Waals surface area contributed by atoms with Crippen LogP contribution in [0.4, 0.5) is 11.4 Å². The molecule has 0 radical (unpaired) electrons. The van der Waals surface area contributed by atoms with E-state index in [0.29, 0.717) is 28.8 Å². The van der Waals surface area contributed by atoms with Gasteiger partial charge in [0.15, 0.2) is 5.76 Å². The molecule has 0 aliphatic carbocycles. The summed E-state index contributed by atoms with van der Waals surface area (Å²) in [6.45, 7) is 7.82. The Balaban J connectivity index is 1.53. The van der Waals surface area contributed by atoms with Crippen molar-refractivity contribution in [3.8, 4) is 11.5 Å². The van der Waals surface area contributed by atoms with E-state index in [9.17, 15) is 14.9 Å². The summed E-state index contributed by atoms with van der Waals surface area (Å²) < 4.78 is 13.2. The first-order valence-electron chi connectivity index (χ1n) is 10.7. The zero-order chi connectivity index (χ0) is 25.3. The number of aromatic nitrogens is 2. The standard InChI is InChI=1S/C25H23ClN4O5/c1-14-7-15(2)9-21(8-14)34-22-11-18(10-19(12-22)30(32)33)27-25(31)23-6-5-20(35-23)13-29-17(4)24(26)16(3)28-29/h5-12H,13H2,1-4H3,(H,27,31). The zero-order valence-corrected chi connectivity index (χ0v) is 20.3. The highest BCUT2D eigenvalue weighted by atomic mass is 35.5. The summed E-state index contributed by atoms with van der Waals surface area (Å²) in [4.78, 5) is 23.7. The molecule has 0 spiro atoms. The molecule has 2 heterocycles. The molecule has 0 atom stereocenters. The lowest BCUT2D eigenvalue weighted by molar-refractivity contribution is -0.384. The Bertz CT molecular complexity index is 1420. The molecule has 0 aliphatic heterocycles. The molecule has 4 rings (SSSR count). The third-order valence-electron chi connectivity index (χ3n) is 5.28. The van der Waals surface area contributed by atoms with Gasteiger partial charge >= 0.3 is 0 Å². The maximum atomic E-state index is 12.8. The molecular formula is C25H23ClN4O5. The van der Waals surface area contributed by atoms with Gasteiger partial charge in [0.25, 0.3) is 11.6 Å². The SMILES string of the molecule is Cc1cc(C)cc(Oc2cc(NC(=O)c3ccc(Cn4nc(C)c(Cl)c4C)o3)cc([N+](=O)[O-])c2)c1. The fourth-order valence-corrected chi connectivity index (χ4v) is 3.84. The lowest BCUT2D eigenvalue weighted by Crippen LogP contribution is -2.11. The van der Waals surface area contributed by atoms with Crippen molar-refractivity contribution in [1.82, 2.24) is 9.78 Å². The lowest BCUT2D eigenvalue weighted by Gasteiger charge is -2.10. The Labute approximate surface area is 206 Å². The highest BCUT2D eigenvalue weighted by Crippen LogP contribution is 2.31. The van der Waals surface area contributed by atoms with Gasteiger partial charge in [-0.1, -0.05) is 17.7 Å². The fraction of sp³-hybridized carbons (Fsp3) is 0.200. The molecule has 0 saturated heterocycles. The van der Waals surface area contributed by atoms with Crippen molar-refractivity contribution in [2.45, 2.75) is 34.2 Å². The Morgan fingerprint density at radius 2 is 1.77 bits per heavy atom. The number of ether oxygens (including phenoxy) is 1. The smallest absolute Gasteiger partial charge is 0.291 e. The zero-order valence-electron chi connectivity index (χ0n) is 19.6. The summed E-state index contributed by atoms with van der Waals surface area (Å²) in [5.41, 5.74) is 3.47. The van der Waals surface area contributed by atoms with Crippen LogP contribution in [0.5, 0.6) is 11.5 Å². The van der Waals surface area contributed by atoms with Crippen LogP contribution in [0, 0.1) is 37.8 Å². The fourth-order valence-electron chi connectivity index (χ4n) is 3.70. The summed E-state index contributed by atoms with van der Waals surface area (Å²) in [7, 11) is 0. The minimum atomic E-state index is -0.555. The summed E-state index contributed by atoms with van der Waals surface area (Å²) >= 11 is 6.19. The molecule has 0 saturated carbocycles. The number of hydrogen-bond acceptors (Lipinski definition) is 6. The number of rotatable bonds is 7. The minimum Gasteiger partial charge on any atom is -0.457 e. The van der Waals surface area contributed by atoms with Gasteiger partial charge in [0.1, 0.15) is 17.3 Å². The number of aryl methyl sites for hydroxylation is 3. The topological polar surface area (TPSA) is 112 Å². The van der Waals surface area contributed by atoms with Gasteiger partial charge in [0.2, 0.25) is 0 Å². The minimum absolute atomic E-state index is 0.0518. The largest absolute Gasteiger partial charge is 0.457 e. The Hall–Kier alpha value is -4.11. The number of benzene rings is 2. The maximum absolute atomic E-state index is 12.8. The number of non-ortho nitro benzene ring substituents is 1. The lowest BCUT2D eigenvalue weighted by atomic mass is 10.1. The highest BCUT2D eigenvalue weighted by Gasteiger charge is 2.17.